The Hall–Kier alpha value is -3.04. The van der Waals surface area contributed by atoms with Crippen LogP contribution >= 0.6 is 0 Å². The minimum atomic E-state index is -3.86. The average molecular weight is 430 g/mol. The molecule has 3 rings (SSSR count). The number of carbonyl (C=O) groups is 3. The van der Waals surface area contributed by atoms with E-state index in [4.69, 9.17) is 4.84 Å². The molecule has 1 heterocycles. The molecular weight excluding hydrogens is 408 g/mol. The number of hydroxylamine groups is 2. The Morgan fingerprint density at radius 1 is 0.967 bits per heavy atom. The zero-order valence-corrected chi connectivity index (χ0v) is 17.9. The maximum Gasteiger partial charge on any atom is 0.334 e. The maximum absolute atomic E-state index is 12.8. The Balaban J connectivity index is 1.64. The molecule has 2 amide bonds. The first-order chi connectivity index (χ1) is 14.0. The van der Waals surface area contributed by atoms with E-state index in [1.807, 2.05) is 19.9 Å². The van der Waals surface area contributed by atoms with Crippen LogP contribution in [0.15, 0.2) is 35.2 Å². The molecule has 1 aliphatic heterocycles. The summed E-state index contributed by atoms with van der Waals surface area (Å²) in [6, 6.07) is 8.05. The van der Waals surface area contributed by atoms with E-state index in [0.29, 0.717) is 16.2 Å². The summed E-state index contributed by atoms with van der Waals surface area (Å²) in [5, 5.41) is 0.402. The van der Waals surface area contributed by atoms with Gasteiger partial charge in [-0.2, -0.15) is 0 Å². The lowest BCUT2D eigenvalue weighted by Gasteiger charge is -2.16. The highest BCUT2D eigenvalue weighted by atomic mass is 32.2. The number of imide groups is 1. The first-order valence-electron chi connectivity index (χ1n) is 9.30. The van der Waals surface area contributed by atoms with Crippen molar-refractivity contribution >= 4 is 27.8 Å². The van der Waals surface area contributed by atoms with Gasteiger partial charge < -0.3 is 4.84 Å². The molecule has 0 saturated carbocycles. The maximum atomic E-state index is 12.8. The fraction of sp³-hybridized carbons (Fsp3) is 0.286. The Morgan fingerprint density at radius 3 is 1.97 bits per heavy atom. The topological polar surface area (TPSA) is 110 Å². The number of sulfonamides is 1. The third-order valence-corrected chi connectivity index (χ3v) is 6.87. The van der Waals surface area contributed by atoms with Crippen LogP contribution in [0.5, 0.6) is 0 Å². The van der Waals surface area contributed by atoms with Crippen LogP contribution in [0.1, 0.15) is 49.4 Å². The Labute approximate surface area is 174 Å². The van der Waals surface area contributed by atoms with E-state index in [2.05, 4.69) is 4.72 Å². The quantitative estimate of drug-likeness (QED) is 0.705. The summed E-state index contributed by atoms with van der Waals surface area (Å²) in [6.45, 7) is 6.89. The van der Waals surface area contributed by atoms with Gasteiger partial charge in [-0.3, -0.25) is 9.59 Å². The fourth-order valence-electron chi connectivity index (χ4n) is 3.34. The van der Waals surface area contributed by atoms with Gasteiger partial charge in [0.2, 0.25) is 10.0 Å². The second kappa shape index (κ2) is 8.00. The van der Waals surface area contributed by atoms with Gasteiger partial charge in [-0.1, -0.05) is 23.3 Å². The number of nitrogens with one attached hydrogen (secondary N) is 1. The van der Waals surface area contributed by atoms with Gasteiger partial charge in [-0.15, -0.1) is 0 Å². The van der Waals surface area contributed by atoms with Crippen molar-refractivity contribution in [3.05, 3.63) is 63.7 Å². The number of amides is 2. The van der Waals surface area contributed by atoms with Crippen molar-refractivity contribution in [1.29, 1.82) is 0 Å². The number of carbonyl (C=O) groups excluding carboxylic acids is 3. The molecule has 0 bridgehead atoms. The van der Waals surface area contributed by atoms with Crippen molar-refractivity contribution in [3.63, 3.8) is 0 Å². The number of rotatable bonds is 6. The van der Waals surface area contributed by atoms with Gasteiger partial charge in [0.1, 0.15) is 0 Å². The van der Waals surface area contributed by atoms with Crippen LogP contribution in [0.2, 0.25) is 0 Å². The van der Waals surface area contributed by atoms with Crippen molar-refractivity contribution in [1.82, 2.24) is 9.79 Å². The van der Waals surface area contributed by atoms with E-state index in [-0.39, 0.29) is 29.0 Å². The lowest BCUT2D eigenvalue weighted by atomic mass is 10.0. The molecule has 0 radical (unpaired) electrons. The number of fused-ring (bicyclic) bond motifs is 1. The molecule has 0 spiro atoms. The summed E-state index contributed by atoms with van der Waals surface area (Å²) >= 11 is 0. The monoisotopic (exact) mass is 430 g/mol. The lowest BCUT2D eigenvalue weighted by Crippen LogP contribution is -2.34. The van der Waals surface area contributed by atoms with Crippen molar-refractivity contribution in [3.8, 4) is 0 Å². The summed E-state index contributed by atoms with van der Waals surface area (Å²) in [5.41, 5.74) is 3.28. The summed E-state index contributed by atoms with van der Waals surface area (Å²) < 4.78 is 27.9. The van der Waals surface area contributed by atoms with E-state index in [9.17, 15) is 22.8 Å². The summed E-state index contributed by atoms with van der Waals surface area (Å²) in [4.78, 5) is 41.6. The molecule has 0 fully saturated rings. The molecule has 2 aromatic carbocycles. The number of hydrogen-bond donors (Lipinski definition) is 1. The summed E-state index contributed by atoms with van der Waals surface area (Å²) in [5.74, 6) is -2.36. The summed E-state index contributed by atoms with van der Waals surface area (Å²) in [7, 11) is -3.86. The van der Waals surface area contributed by atoms with Crippen molar-refractivity contribution in [2.75, 3.05) is 6.54 Å². The number of nitrogens with zero attached hydrogens (tertiary/aromatic N) is 1. The number of benzene rings is 2. The van der Waals surface area contributed by atoms with Crippen LogP contribution in [0.25, 0.3) is 0 Å². The minimum Gasteiger partial charge on any atom is -0.330 e. The van der Waals surface area contributed by atoms with Gasteiger partial charge in [0, 0.05) is 6.54 Å². The molecule has 0 saturated heterocycles. The average Bonchev–Trinajstić information content (AvgIpc) is 2.91. The highest BCUT2D eigenvalue weighted by Crippen LogP contribution is 2.26. The van der Waals surface area contributed by atoms with Crippen LogP contribution < -0.4 is 4.72 Å². The van der Waals surface area contributed by atoms with Crippen molar-refractivity contribution in [2.45, 2.75) is 39.0 Å². The first-order valence-corrected chi connectivity index (χ1v) is 10.8. The predicted molar refractivity (Wildman–Crippen MR) is 108 cm³/mol. The van der Waals surface area contributed by atoms with E-state index in [1.165, 1.54) is 12.1 Å². The summed E-state index contributed by atoms with van der Waals surface area (Å²) in [6.07, 6.45) is -0.352. The number of hydrogen-bond acceptors (Lipinski definition) is 6. The van der Waals surface area contributed by atoms with Crippen LogP contribution in [0, 0.1) is 27.7 Å². The van der Waals surface area contributed by atoms with Gasteiger partial charge in [0.25, 0.3) is 11.8 Å². The van der Waals surface area contributed by atoms with Crippen LogP contribution in [-0.2, 0) is 19.7 Å². The largest absolute Gasteiger partial charge is 0.334 e. The third-order valence-electron chi connectivity index (χ3n) is 5.14. The van der Waals surface area contributed by atoms with Crippen LogP contribution in [-0.4, -0.2) is 37.8 Å². The molecule has 158 valence electrons. The predicted octanol–water partition coefficient (Wildman–Crippen LogP) is 2.34. The molecule has 0 unspecified atom stereocenters. The van der Waals surface area contributed by atoms with E-state index >= 15 is 0 Å². The van der Waals surface area contributed by atoms with Gasteiger partial charge in [0.15, 0.2) is 0 Å². The molecule has 9 heteroatoms. The standard InChI is InChI=1S/C21H22N2O6S/c1-12-11-13(2)15(4)19(14(12)3)30(27,28)22-10-9-18(24)29-23-20(25)16-7-5-6-8-17(16)21(23)26/h5-8,11,22H,9-10H2,1-4H3. The van der Waals surface area contributed by atoms with E-state index in [1.54, 1.807) is 26.0 Å². The molecule has 0 aliphatic carbocycles. The fourth-order valence-corrected chi connectivity index (χ4v) is 4.98. The Morgan fingerprint density at radius 2 is 1.47 bits per heavy atom. The smallest absolute Gasteiger partial charge is 0.330 e. The SMILES string of the molecule is Cc1cc(C)c(C)c(S(=O)(=O)NCCC(=O)ON2C(=O)c3ccccc3C2=O)c1C. The molecule has 0 aromatic heterocycles. The van der Waals surface area contributed by atoms with Crippen LogP contribution in [0.3, 0.4) is 0 Å². The van der Waals surface area contributed by atoms with Crippen LogP contribution in [0.4, 0.5) is 0 Å². The molecule has 1 N–H and O–H groups in total. The Kier molecular flexibility index (Phi) is 5.78. The zero-order chi connectivity index (χ0) is 22.2. The highest BCUT2D eigenvalue weighted by molar-refractivity contribution is 7.89. The first kappa shape index (κ1) is 21.7. The van der Waals surface area contributed by atoms with E-state index < -0.39 is 27.8 Å². The molecule has 0 atom stereocenters. The zero-order valence-electron chi connectivity index (χ0n) is 17.1. The second-order valence-electron chi connectivity index (χ2n) is 7.15. The number of aryl methyl sites for hydroxylation is 2. The van der Waals surface area contributed by atoms with Gasteiger partial charge in [0.05, 0.1) is 22.4 Å². The molecule has 1 aliphatic rings. The third kappa shape index (κ3) is 3.86. The highest BCUT2D eigenvalue weighted by Gasteiger charge is 2.38. The van der Waals surface area contributed by atoms with Crippen molar-refractivity contribution < 1.29 is 27.6 Å². The van der Waals surface area contributed by atoms with E-state index in [0.717, 1.165) is 11.1 Å². The minimum absolute atomic E-state index is 0.150. The molecule has 2 aromatic rings. The normalized spacial score (nSPS) is 13.5. The molecule has 30 heavy (non-hydrogen) atoms. The second-order valence-corrected chi connectivity index (χ2v) is 8.85. The van der Waals surface area contributed by atoms with Gasteiger partial charge >= 0.3 is 5.97 Å². The van der Waals surface area contributed by atoms with Gasteiger partial charge in [-0.25, -0.2) is 17.9 Å². The van der Waals surface area contributed by atoms with Crippen molar-refractivity contribution in [2.24, 2.45) is 0 Å². The molecule has 8 nitrogen and oxygen atoms in total. The lowest BCUT2D eigenvalue weighted by molar-refractivity contribution is -0.168. The Bertz CT molecular complexity index is 1110. The van der Waals surface area contributed by atoms with Gasteiger partial charge in [-0.05, 0) is 62.1 Å². The molecular formula is C21H22N2O6S.